The Kier molecular flexibility index (Phi) is 5.12. The average Bonchev–Trinajstić information content (AvgIpc) is 3.32. The lowest BCUT2D eigenvalue weighted by molar-refractivity contribution is 0.815. The number of aromatic nitrogens is 2. The van der Waals surface area contributed by atoms with Crippen molar-refractivity contribution >= 4 is 29.3 Å². The number of hydrazone groups is 1. The molecule has 0 spiro atoms. The van der Waals surface area contributed by atoms with Gasteiger partial charge in [0.15, 0.2) is 0 Å². The second-order valence-electron chi connectivity index (χ2n) is 6.61. The van der Waals surface area contributed by atoms with Crippen LogP contribution in [0.1, 0.15) is 24.1 Å². The van der Waals surface area contributed by atoms with E-state index in [0.717, 1.165) is 41.5 Å². The van der Waals surface area contributed by atoms with Crippen molar-refractivity contribution in [1.82, 2.24) is 9.78 Å². The van der Waals surface area contributed by atoms with E-state index in [1.165, 1.54) is 12.8 Å². The molecule has 0 atom stereocenters. The lowest BCUT2D eigenvalue weighted by Crippen LogP contribution is -2.22. The van der Waals surface area contributed by atoms with Gasteiger partial charge in [0.25, 0.3) is 0 Å². The third kappa shape index (κ3) is 3.69. The summed E-state index contributed by atoms with van der Waals surface area (Å²) in [5, 5.41) is 9.88. The molecule has 0 aliphatic carbocycles. The molecule has 0 saturated carbocycles. The maximum absolute atomic E-state index is 6.20. The molecule has 1 aliphatic rings. The highest BCUT2D eigenvalue weighted by atomic mass is 35.5. The zero-order valence-electron chi connectivity index (χ0n) is 15.3. The van der Waals surface area contributed by atoms with Crippen LogP contribution in [-0.2, 0) is 0 Å². The summed E-state index contributed by atoms with van der Waals surface area (Å²) >= 11 is 6.20. The molecule has 1 saturated heterocycles. The topological polar surface area (TPSA) is 45.5 Å². The van der Waals surface area contributed by atoms with Crippen LogP contribution in [0.25, 0.3) is 5.69 Å². The second kappa shape index (κ2) is 7.84. The number of nitrogens with zero attached hydrogens (tertiary/aromatic N) is 4. The zero-order valence-corrected chi connectivity index (χ0v) is 16.0. The van der Waals surface area contributed by atoms with Crippen molar-refractivity contribution in [1.29, 1.82) is 0 Å². The Morgan fingerprint density at radius 2 is 1.74 bits per heavy atom. The van der Waals surface area contributed by atoms with Gasteiger partial charge in [-0.3, -0.25) is 5.43 Å². The van der Waals surface area contributed by atoms with Gasteiger partial charge >= 0.3 is 0 Å². The van der Waals surface area contributed by atoms with Gasteiger partial charge in [-0.25, -0.2) is 4.68 Å². The maximum Gasteiger partial charge on any atom is 0.141 e. The summed E-state index contributed by atoms with van der Waals surface area (Å²) in [5.41, 5.74) is 6.86. The van der Waals surface area contributed by atoms with E-state index in [9.17, 15) is 0 Å². The van der Waals surface area contributed by atoms with E-state index >= 15 is 0 Å². The number of rotatable bonds is 5. The number of benzene rings is 2. The summed E-state index contributed by atoms with van der Waals surface area (Å²) in [4.78, 5) is 2.39. The SMILES string of the molecule is Cc1nn(-c2ccccc2)c(N2CCCC2)c1/C=N/Nc1ccccc1Cl. The number of halogens is 1. The van der Waals surface area contributed by atoms with E-state index in [4.69, 9.17) is 16.7 Å². The van der Waals surface area contributed by atoms with Crippen molar-refractivity contribution in [3.8, 4) is 5.69 Å². The highest BCUT2D eigenvalue weighted by Crippen LogP contribution is 2.29. The van der Waals surface area contributed by atoms with Gasteiger partial charge in [0.2, 0.25) is 0 Å². The van der Waals surface area contributed by atoms with Crippen LogP contribution < -0.4 is 10.3 Å². The highest BCUT2D eigenvalue weighted by Gasteiger charge is 2.23. The van der Waals surface area contributed by atoms with Crippen molar-refractivity contribution in [2.45, 2.75) is 19.8 Å². The third-order valence-electron chi connectivity index (χ3n) is 4.74. The van der Waals surface area contributed by atoms with Crippen molar-refractivity contribution < 1.29 is 0 Å². The Morgan fingerprint density at radius 3 is 2.48 bits per heavy atom. The largest absolute Gasteiger partial charge is 0.356 e. The fourth-order valence-electron chi connectivity index (χ4n) is 3.38. The van der Waals surface area contributed by atoms with Gasteiger partial charge in [0.1, 0.15) is 5.82 Å². The van der Waals surface area contributed by atoms with E-state index in [1.54, 1.807) is 0 Å². The molecule has 3 aromatic rings. The first-order valence-corrected chi connectivity index (χ1v) is 9.55. The van der Waals surface area contributed by atoms with Gasteiger partial charge in [-0.1, -0.05) is 41.9 Å². The number of hydrogen-bond acceptors (Lipinski definition) is 4. The van der Waals surface area contributed by atoms with Crippen molar-refractivity contribution in [3.05, 3.63) is 70.9 Å². The van der Waals surface area contributed by atoms with Crippen LogP contribution >= 0.6 is 11.6 Å². The van der Waals surface area contributed by atoms with Crippen molar-refractivity contribution in [2.75, 3.05) is 23.4 Å². The van der Waals surface area contributed by atoms with Gasteiger partial charge < -0.3 is 4.90 Å². The summed E-state index contributed by atoms with van der Waals surface area (Å²) in [6.07, 6.45) is 4.25. The first-order valence-electron chi connectivity index (χ1n) is 9.17. The minimum atomic E-state index is 0.645. The Labute approximate surface area is 164 Å². The van der Waals surface area contributed by atoms with Gasteiger partial charge in [-0.2, -0.15) is 10.2 Å². The van der Waals surface area contributed by atoms with Crippen molar-refractivity contribution in [3.63, 3.8) is 0 Å². The molecule has 5 nitrogen and oxygen atoms in total. The molecule has 1 N–H and O–H groups in total. The quantitative estimate of drug-likeness (QED) is 0.507. The Bertz CT molecular complexity index is 942. The number of anilines is 2. The fraction of sp³-hybridized carbons (Fsp3) is 0.238. The molecular weight excluding hydrogens is 358 g/mol. The smallest absolute Gasteiger partial charge is 0.141 e. The molecule has 0 amide bonds. The molecule has 1 fully saturated rings. The summed E-state index contributed by atoms with van der Waals surface area (Å²) in [6, 6.07) is 17.8. The molecule has 6 heteroatoms. The van der Waals surface area contributed by atoms with Gasteiger partial charge in [0, 0.05) is 13.1 Å². The number of aryl methyl sites for hydroxylation is 1. The molecule has 2 aromatic carbocycles. The van der Waals surface area contributed by atoms with Gasteiger partial charge in [0.05, 0.1) is 33.9 Å². The minimum absolute atomic E-state index is 0.645. The van der Waals surface area contributed by atoms with E-state index < -0.39 is 0 Å². The van der Waals surface area contributed by atoms with Crippen LogP contribution in [0.4, 0.5) is 11.5 Å². The molecular formula is C21H22ClN5. The zero-order chi connectivity index (χ0) is 18.6. The van der Waals surface area contributed by atoms with Crippen LogP contribution in [0.3, 0.4) is 0 Å². The summed E-state index contributed by atoms with van der Waals surface area (Å²) < 4.78 is 2.03. The summed E-state index contributed by atoms with van der Waals surface area (Å²) in [6.45, 7) is 4.10. The Balaban J connectivity index is 1.70. The van der Waals surface area contributed by atoms with Gasteiger partial charge in [-0.05, 0) is 44.0 Å². The average molecular weight is 380 g/mol. The molecule has 4 rings (SSSR count). The van der Waals surface area contributed by atoms with Crippen LogP contribution in [0.5, 0.6) is 0 Å². The predicted octanol–water partition coefficient (Wildman–Crippen LogP) is 4.88. The molecule has 0 bridgehead atoms. The molecule has 138 valence electrons. The molecule has 0 unspecified atom stereocenters. The lowest BCUT2D eigenvalue weighted by Gasteiger charge is -2.20. The highest BCUT2D eigenvalue weighted by molar-refractivity contribution is 6.33. The van der Waals surface area contributed by atoms with E-state index in [2.05, 4.69) is 27.6 Å². The predicted molar refractivity (Wildman–Crippen MR) is 112 cm³/mol. The normalized spacial score (nSPS) is 14.2. The number of nitrogens with one attached hydrogen (secondary N) is 1. The molecule has 2 heterocycles. The van der Waals surface area contributed by atoms with Crippen molar-refractivity contribution in [2.24, 2.45) is 5.10 Å². The first kappa shape index (κ1) is 17.6. The monoisotopic (exact) mass is 379 g/mol. The summed E-state index contributed by atoms with van der Waals surface area (Å²) in [7, 11) is 0. The van der Waals surface area contributed by atoms with Crippen LogP contribution in [0, 0.1) is 6.92 Å². The van der Waals surface area contributed by atoms with Crippen LogP contribution in [0.2, 0.25) is 5.02 Å². The van der Waals surface area contributed by atoms with E-state index in [0.29, 0.717) is 5.02 Å². The Morgan fingerprint density at radius 1 is 1.04 bits per heavy atom. The van der Waals surface area contributed by atoms with Gasteiger partial charge in [-0.15, -0.1) is 0 Å². The molecule has 1 aromatic heterocycles. The van der Waals surface area contributed by atoms with Crippen LogP contribution in [0.15, 0.2) is 59.7 Å². The third-order valence-corrected chi connectivity index (χ3v) is 5.07. The second-order valence-corrected chi connectivity index (χ2v) is 7.02. The maximum atomic E-state index is 6.20. The molecule has 1 aliphatic heterocycles. The molecule has 27 heavy (non-hydrogen) atoms. The minimum Gasteiger partial charge on any atom is -0.356 e. The number of para-hydroxylation sites is 2. The molecule has 0 radical (unpaired) electrons. The Hall–Kier alpha value is -2.79. The first-order chi connectivity index (χ1) is 13.2. The fourth-order valence-corrected chi connectivity index (χ4v) is 3.56. The standard InChI is InChI=1S/C21H22ClN5/c1-16-18(15-23-24-20-12-6-5-11-19(20)22)21(26-13-7-8-14-26)27(25-16)17-9-3-2-4-10-17/h2-6,9-12,15,24H,7-8,13-14H2,1H3/b23-15+. The summed E-state index contributed by atoms with van der Waals surface area (Å²) in [5.74, 6) is 1.10. The van der Waals surface area contributed by atoms with E-state index in [-0.39, 0.29) is 0 Å². The van der Waals surface area contributed by atoms with E-state index in [1.807, 2.05) is 60.3 Å². The lowest BCUT2D eigenvalue weighted by atomic mass is 10.2. The number of hydrogen-bond donors (Lipinski definition) is 1. The van der Waals surface area contributed by atoms with Crippen LogP contribution in [-0.4, -0.2) is 29.1 Å².